The molecule has 4 aromatic rings. The number of halogens is 2. The van der Waals surface area contributed by atoms with Gasteiger partial charge in [-0.3, -0.25) is 9.59 Å². The molecule has 0 radical (unpaired) electrons. The molecule has 2 N–H and O–H groups in total. The van der Waals surface area contributed by atoms with Gasteiger partial charge in [-0.05, 0) is 24.3 Å². The second kappa shape index (κ2) is 12.4. The van der Waals surface area contributed by atoms with Crippen molar-refractivity contribution in [3.63, 3.8) is 0 Å². The number of benzene rings is 2. The Morgan fingerprint density at radius 2 is 1.66 bits per heavy atom. The number of rotatable bonds is 8. The van der Waals surface area contributed by atoms with Crippen LogP contribution in [0.15, 0.2) is 42.0 Å². The molecule has 10 nitrogen and oxygen atoms in total. The largest absolute Gasteiger partial charge is 0.495 e. The van der Waals surface area contributed by atoms with Crippen LogP contribution in [0.3, 0.4) is 0 Å². The van der Waals surface area contributed by atoms with Crippen molar-refractivity contribution >= 4 is 79.4 Å². The molecule has 0 saturated carbocycles. The van der Waals surface area contributed by atoms with Crippen LogP contribution < -0.4 is 25.0 Å². The summed E-state index contributed by atoms with van der Waals surface area (Å²) in [5.74, 6) is 0.963. The normalized spacial score (nSPS) is 13.3. The molecule has 0 aliphatic carbocycles. The lowest BCUT2D eigenvalue weighted by Gasteiger charge is -2.36. The highest BCUT2D eigenvalue weighted by molar-refractivity contribution is 7.18. The van der Waals surface area contributed by atoms with E-state index in [1.807, 2.05) is 36.1 Å². The van der Waals surface area contributed by atoms with Crippen molar-refractivity contribution in [2.45, 2.75) is 13.3 Å². The van der Waals surface area contributed by atoms with Crippen LogP contribution in [-0.2, 0) is 4.79 Å². The molecule has 0 spiro atoms. The Hall–Kier alpha value is -3.80. The van der Waals surface area contributed by atoms with E-state index < -0.39 is 5.91 Å². The molecule has 3 heterocycles. The van der Waals surface area contributed by atoms with Crippen LogP contribution in [0.2, 0.25) is 10.0 Å². The summed E-state index contributed by atoms with van der Waals surface area (Å²) in [6, 6.07) is 9.60. The number of aromatic nitrogens is 2. The topological polar surface area (TPSA) is 109 Å². The summed E-state index contributed by atoms with van der Waals surface area (Å²) in [7, 11) is 2.92. The van der Waals surface area contributed by atoms with E-state index >= 15 is 0 Å². The molecule has 5 rings (SSSR count). The highest BCUT2D eigenvalue weighted by Gasteiger charge is 2.23. The minimum atomic E-state index is -0.440. The van der Waals surface area contributed by atoms with Gasteiger partial charge in [0.05, 0.1) is 35.7 Å². The fourth-order valence-corrected chi connectivity index (χ4v) is 6.15. The van der Waals surface area contributed by atoms with Crippen molar-refractivity contribution < 1.29 is 19.1 Å². The molecular formula is C28H28Cl2N6O4S. The van der Waals surface area contributed by atoms with Crippen molar-refractivity contribution in [2.24, 2.45) is 0 Å². The number of anilines is 4. The highest BCUT2D eigenvalue weighted by Crippen LogP contribution is 2.44. The lowest BCUT2D eigenvalue weighted by molar-refractivity contribution is -0.131. The van der Waals surface area contributed by atoms with E-state index in [2.05, 4.69) is 25.5 Å². The van der Waals surface area contributed by atoms with Crippen LogP contribution in [0.5, 0.6) is 11.5 Å². The van der Waals surface area contributed by atoms with Crippen LogP contribution in [0.25, 0.3) is 10.2 Å². The Kier molecular flexibility index (Phi) is 8.67. The standard InChI is InChI=1S/C28H28Cl2N6O4S/c1-4-21(37)36-11-9-35(10-12-36)17-7-5-16(6-8-17)33-27-26-24(31-15-32-27)18(14-41-26)28(38)34-25-22(29)19(39-2)13-20(40-3)23(25)30/h5-8,13-15H,4,9-12H2,1-3H3,(H,34,38)(H,31,32,33). The average Bonchev–Trinajstić information content (AvgIpc) is 3.45. The van der Waals surface area contributed by atoms with Crippen LogP contribution >= 0.6 is 34.5 Å². The maximum absolute atomic E-state index is 13.3. The molecule has 0 bridgehead atoms. The summed E-state index contributed by atoms with van der Waals surface area (Å²) in [5, 5.41) is 8.14. The summed E-state index contributed by atoms with van der Waals surface area (Å²) < 4.78 is 11.3. The van der Waals surface area contributed by atoms with E-state index in [4.69, 9.17) is 32.7 Å². The van der Waals surface area contributed by atoms with E-state index in [-0.39, 0.29) is 21.6 Å². The minimum Gasteiger partial charge on any atom is -0.495 e. The molecule has 2 amide bonds. The Balaban J connectivity index is 1.32. The van der Waals surface area contributed by atoms with Gasteiger partial charge >= 0.3 is 0 Å². The number of nitrogens with zero attached hydrogens (tertiary/aromatic N) is 4. The van der Waals surface area contributed by atoms with Gasteiger partial charge in [-0.25, -0.2) is 9.97 Å². The zero-order valence-electron chi connectivity index (χ0n) is 22.7. The SMILES string of the molecule is CCC(=O)N1CCN(c2ccc(Nc3ncnc4c(C(=O)Nc5c(Cl)c(OC)cc(OC)c5Cl)csc34)cc2)CC1. The fourth-order valence-electron chi connectivity index (χ4n) is 4.61. The van der Waals surface area contributed by atoms with Crippen molar-refractivity contribution in [3.8, 4) is 11.5 Å². The van der Waals surface area contributed by atoms with Crippen molar-refractivity contribution in [3.05, 3.63) is 57.6 Å². The van der Waals surface area contributed by atoms with Gasteiger partial charge in [0.15, 0.2) is 5.82 Å². The number of hydrogen-bond acceptors (Lipinski definition) is 9. The van der Waals surface area contributed by atoms with Gasteiger partial charge in [0, 0.05) is 55.4 Å². The number of fused-ring (bicyclic) bond motifs is 1. The first kappa shape index (κ1) is 28.7. The number of amides is 2. The van der Waals surface area contributed by atoms with Gasteiger partial charge in [-0.15, -0.1) is 11.3 Å². The molecule has 0 atom stereocenters. The molecule has 41 heavy (non-hydrogen) atoms. The maximum Gasteiger partial charge on any atom is 0.258 e. The summed E-state index contributed by atoms with van der Waals surface area (Å²) in [4.78, 5) is 38.2. The molecule has 214 valence electrons. The number of thiophene rings is 1. The molecule has 13 heteroatoms. The first-order valence-corrected chi connectivity index (χ1v) is 14.5. The zero-order chi connectivity index (χ0) is 29.1. The first-order chi connectivity index (χ1) is 19.8. The van der Waals surface area contributed by atoms with E-state index in [0.717, 1.165) is 42.3 Å². The molecule has 2 aromatic carbocycles. The number of hydrogen-bond donors (Lipinski definition) is 2. The number of ether oxygens (including phenoxy) is 2. The lowest BCUT2D eigenvalue weighted by Crippen LogP contribution is -2.48. The smallest absolute Gasteiger partial charge is 0.258 e. The number of carbonyl (C=O) groups is 2. The number of nitrogens with one attached hydrogen (secondary N) is 2. The number of carbonyl (C=O) groups excluding carboxylic acids is 2. The predicted octanol–water partition coefficient (Wildman–Crippen LogP) is 6.07. The average molecular weight is 616 g/mol. The number of methoxy groups -OCH3 is 2. The molecule has 1 aliphatic heterocycles. The molecule has 1 fully saturated rings. The summed E-state index contributed by atoms with van der Waals surface area (Å²) in [5.41, 5.74) is 2.95. The second-order valence-electron chi connectivity index (χ2n) is 9.18. The van der Waals surface area contributed by atoms with Gasteiger partial charge < -0.3 is 29.9 Å². The van der Waals surface area contributed by atoms with Gasteiger partial charge in [0.25, 0.3) is 5.91 Å². The monoisotopic (exact) mass is 614 g/mol. The van der Waals surface area contributed by atoms with E-state index in [0.29, 0.717) is 34.8 Å². The molecule has 2 aromatic heterocycles. The molecule has 1 aliphatic rings. The Bertz CT molecular complexity index is 1560. The van der Waals surface area contributed by atoms with Gasteiger partial charge in [0.2, 0.25) is 5.91 Å². The van der Waals surface area contributed by atoms with Crippen LogP contribution in [0.4, 0.5) is 22.9 Å². The van der Waals surface area contributed by atoms with Crippen LogP contribution in [-0.4, -0.2) is 67.1 Å². The van der Waals surface area contributed by atoms with Crippen LogP contribution in [0, 0.1) is 0 Å². The summed E-state index contributed by atoms with van der Waals surface area (Å²) in [6.45, 7) is 4.94. The highest BCUT2D eigenvalue weighted by atomic mass is 35.5. The lowest BCUT2D eigenvalue weighted by atomic mass is 10.2. The van der Waals surface area contributed by atoms with E-state index in [9.17, 15) is 9.59 Å². The van der Waals surface area contributed by atoms with E-state index in [1.165, 1.54) is 31.9 Å². The van der Waals surface area contributed by atoms with Gasteiger partial charge in [0.1, 0.15) is 27.9 Å². The third-order valence-electron chi connectivity index (χ3n) is 6.84. The van der Waals surface area contributed by atoms with Crippen molar-refractivity contribution in [1.82, 2.24) is 14.9 Å². The van der Waals surface area contributed by atoms with E-state index in [1.54, 1.807) is 11.4 Å². The fraction of sp³-hybridized carbons (Fsp3) is 0.286. The number of piperazine rings is 1. The Morgan fingerprint density at radius 3 is 2.27 bits per heavy atom. The first-order valence-electron chi connectivity index (χ1n) is 12.9. The van der Waals surface area contributed by atoms with Crippen molar-refractivity contribution in [2.75, 3.05) is 55.9 Å². The Labute approximate surface area is 251 Å². The Morgan fingerprint density at radius 1 is 1.00 bits per heavy atom. The summed E-state index contributed by atoms with van der Waals surface area (Å²) >= 11 is 14.2. The van der Waals surface area contributed by atoms with Gasteiger partial charge in [-0.1, -0.05) is 30.1 Å². The molecule has 0 unspecified atom stereocenters. The van der Waals surface area contributed by atoms with Crippen LogP contribution in [0.1, 0.15) is 23.7 Å². The third kappa shape index (κ3) is 5.83. The third-order valence-corrected chi connectivity index (χ3v) is 8.57. The summed E-state index contributed by atoms with van der Waals surface area (Å²) in [6.07, 6.45) is 1.95. The molecular weight excluding hydrogens is 587 g/mol. The minimum absolute atomic E-state index is 0.156. The quantitative estimate of drug-likeness (QED) is 0.246. The molecule has 1 saturated heterocycles. The van der Waals surface area contributed by atoms with Gasteiger partial charge in [-0.2, -0.15) is 0 Å². The maximum atomic E-state index is 13.3. The second-order valence-corrected chi connectivity index (χ2v) is 10.8. The zero-order valence-corrected chi connectivity index (χ0v) is 25.0. The predicted molar refractivity (Wildman–Crippen MR) is 164 cm³/mol. The van der Waals surface area contributed by atoms with Crippen molar-refractivity contribution in [1.29, 1.82) is 0 Å².